The number of rotatable bonds is 10. The van der Waals surface area contributed by atoms with Crippen molar-refractivity contribution in [2.24, 2.45) is 5.92 Å². The Labute approximate surface area is 211 Å². The standard InChI is InChI=1S/C27H33ClN4O3/c1-31(26(34)17-19-7-3-4-8-19)22-11-12-24-23(18-22)29-27(32(24)13-6-14-35-2)30-25(33)16-20-9-5-10-21(28)15-20/h5,9-12,15,18-19H,3-4,6-8,13-14,16-17H2,1-2H3,(H,29,30,33). The smallest absolute Gasteiger partial charge is 0.231 e. The fraction of sp³-hybridized carbons (Fsp3) is 0.444. The third-order valence-electron chi connectivity index (χ3n) is 6.67. The van der Waals surface area contributed by atoms with Crippen LogP contribution in [0.15, 0.2) is 42.5 Å². The first-order valence-electron chi connectivity index (χ1n) is 12.2. The molecule has 0 spiro atoms. The summed E-state index contributed by atoms with van der Waals surface area (Å²) in [6.07, 6.45) is 6.29. The van der Waals surface area contributed by atoms with Gasteiger partial charge < -0.3 is 14.2 Å². The number of hydrogen-bond acceptors (Lipinski definition) is 4. The molecule has 1 N–H and O–H groups in total. The molecule has 0 radical (unpaired) electrons. The van der Waals surface area contributed by atoms with E-state index in [0.29, 0.717) is 36.5 Å². The molecule has 2 aromatic carbocycles. The summed E-state index contributed by atoms with van der Waals surface area (Å²) in [4.78, 5) is 32.1. The van der Waals surface area contributed by atoms with Crippen LogP contribution in [0.1, 0.15) is 44.1 Å². The van der Waals surface area contributed by atoms with E-state index in [0.717, 1.165) is 41.5 Å². The number of ether oxygens (including phenoxy) is 1. The van der Waals surface area contributed by atoms with Crippen molar-refractivity contribution in [2.45, 2.75) is 51.5 Å². The third kappa shape index (κ3) is 6.41. The van der Waals surface area contributed by atoms with Crippen molar-refractivity contribution in [3.05, 3.63) is 53.1 Å². The first-order chi connectivity index (χ1) is 16.9. The number of aromatic nitrogens is 2. The summed E-state index contributed by atoms with van der Waals surface area (Å²) in [5, 5.41) is 3.56. The molecule has 0 aliphatic heterocycles. The van der Waals surface area contributed by atoms with Crippen LogP contribution in [0.3, 0.4) is 0 Å². The molecule has 7 nitrogen and oxygen atoms in total. The van der Waals surface area contributed by atoms with Gasteiger partial charge in [-0.3, -0.25) is 14.9 Å². The molecule has 35 heavy (non-hydrogen) atoms. The molecule has 1 aliphatic rings. The van der Waals surface area contributed by atoms with E-state index >= 15 is 0 Å². The summed E-state index contributed by atoms with van der Waals surface area (Å²) in [6, 6.07) is 13.1. The van der Waals surface area contributed by atoms with Gasteiger partial charge in [0.2, 0.25) is 17.8 Å². The summed E-state index contributed by atoms with van der Waals surface area (Å²) < 4.78 is 7.21. The predicted octanol–water partition coefficient (Wildman–Crippen LogP) is 5.45. The van der Waals surface area contributed by atoms with Gasteiger partial charge in [0.25, 0.3) is 0 Å². The SMILES string of the molecule is COCCCn1c(NC(=O)Cc2cccc(Cl)c2)nc2cc(N(C)C(=O)CC3CCCC3)ccc21. The van der Waals surface area contributed by atoms with Crippen LogP contribution in [0, 0.1) is 5.92 Å². The third-order valence-corrected chi connectivity index (χ3v) is 6.90. The van der Waals surface area contributed by atoms with E-state index in [9.17, 15) is 9.59 Å². The molecular weight excluding hydrogens is 464 g/mol. The van der Waals surface area contributed by atoms with Gasteiger partial charge in [-0.1, -0.05) is 36.6 Å². The predicted molar refractivity (Wildman–Crippen MR) is 140 cm³/mol. The van der Waals surface area contributed by atoms with Crippen molar-refractivity contribution in [3.8, 4) is 0 Å². The number of methoxy groups -OCH3 is 1. The summed E-state index contributed by atoms with van der Waals surface area (Å²) in [5.41, 5.74) is 3.28. The number of nitrogens with one attached hydrogen (secondary N) is 1. The van der Waals surface area contributed by atoms with E-state index in [4.69, 9.17) is 21.3 Å². The molecule has 0 unspecified atom stereocenters. The Morgan fingerprint density at radius 1 is 1.20 bits per heavy atom. The molecule has 1 fully saturated rings. The molecule has 4 rings (SSSR count). The van der Waals surface area contributed by atoms with Crippen molar-refractivity contribution in [3.63, 3.8) is 0 Å². The van der Waals surface area contributed by atoms with E-state index in [-0.39, 0.29) is 18.2 Å². The largest absolute Gasteiger partial charge is 0.385 e. The van der Waals surface area contributed by atoms with Gasteiger partial charge in [0.1, 0.15) is 0 Å². The van der Waals surface area contributed by atoms with Crippen molar-refractivity contribution >= 4 is 46.1 Å². The summed E-state index contributed by atoms with van der Waals surface area (Å²) in [6.45, 7) is 1.25. The number of halogens is 1. The van der Waals surface area contributed by atoms with Crippen molar-refractivity contribution in [1.82, 2.24) is 9.55 Å². The maximum atomic E-state index is 12.8. The lowest BCUT2D eigenvalue weighted by Gasteiger charge is -2.19. The molecule has 0 saturated heterocycles. The molecule has 1 aliphatic carbocycles. The number of carbonyl (C=O) groups excluding carboxylic acids is 2. The zero-order valence-corrected chi connectivity index (χ0v) is 21.2. The topological polar surface area (TPSA) is 76.5 Å². The van der Waals surface area contributed by atoms with Gasteiger partial charge in [0.05, 0.1) is 17.5 Å². The Hall–Kier alpha value is -2.90. The van der Waals surface area contributed by atoms with Gasteiger partial charge in [0, 0.05) is 44.4 Å². The fourth-order valence-corrected chi connectivity index (χ4v) is 4.97. The lowest BCUT2D eigenvalue weighted by atomic mass is 10.0. The van der Waals surface area contributed by atoms with Crippen LogP contribution in [-0.2, 0) is 27.3 Å². The van der Waals surface area contributed by atoms with Gasteiger partial charge >= 0.3 is 0 Å². The highest BCUT2D eigenvalue weighted by atomic mass is 35.5. The number of hydrogen-bond donors (Lipinski definition) is 1. The minimum atomic E-state index is -0.167. The van der Waals surface area contributed by atoms with Crippen LogP contribution >= 0.6 is 11.6 Å². The number of benzene rings is 2. The van der Waals surface area contributed by atoms with Crippen LogP contribution in [-0.4, -0.2) is 42.1 Å². The molecule has 0 bridgehead atoms. The lowest BCUT2D eigenvalue weighted by Crippen LogP contribution is -2.27. The van der Waals surface area contributed by atoms with Gasteiger partial charge in [-0.05, 0) is 61.1 Å². The highest BCUT2D eigenvalue weighted by Gasteiger charge is 2.22. The number of fused-ring (bicyclic) bond motifs is 1. The monoisotopic (exact) mass is 496 g/mol. The van der Waals surface area contributed by atoms with Crippen LogP contribution in [0.2, 0.25) is 5.02 Å². The van der Waals surface area contributed by atoms with Crippen LogP contribution < -0.4 is 10.2 Å². The molecule has 1 saturated carbocycles. The molecule has 0 atom stereocenters. The van der Waals surface area contributed by atoms with Gasteiger partial charge in [-0.2, -0.15) is 0 Å². The maximum absolute atomic E-state index is 12.8. The highest BCUT2D eigenvalue weighted by molar-refractivity contribution is 6.30. The van der Waals surface area contributed by atoms with Crippen LogP contribution in [0.25, 0.3) is 11.0 Å². The van der Waals surface area contributed by atoms with Crippen LogP contribution in [0.5, 0.6) is 0 Å². The Bertz CT molecular complexity index is 1190. The fourth-order valence-electron chi connectivity index (χ4n) is 4.76. The zero-order valence-electron chi connectivity index (χ0n) is 20.4. The Kier molecular flexibility index (Phi) is 8.42. The average molecular weight is 497 g/mol. The molecule has 1 heterocycles. The number of amides is 2. The van der Waals surface area contributed by atoms with E-state index < -0.39 is 0 Å². The van der Waals surface area contributed by atoms with Crippen molar-refractivity contribution in [2.75, 3.05) is 31.0 Å². The van der Waals surface area contributed by atoms with Gasteiger partial charge in [-0.25, -0.2) is 4.98 Å². The number of carbonyl (C=O) groups is 2. The quantitative estimate of drug-likeness (QED) is 0.378. The number of anilines is 2. The second-order valence-corrected chi connectivity index (χ2v) is 9.71. The summed E-state index contributed by atoms with van der Waals surface area (Å²) >= 11 is 6.06. The van der Waals surface area contributed by atoms with Gasteiger partial charge in [-0.15, -0.1) is 0 Å². The second-order valence-electron chi connectivity index (χ2n) is 9.27. The highest BCUT2D eigenvalue weighted by Crippen LogP contribution is 2.30. The van der Waals surface area contributed by atoms with E-state index in [1.54, 1.807) is 24.1 Å². The number of imidazole rings is 1. The normalized spacial score (nSPS) is 13.9. The van der Waals surface area contributed by atoms with Crippen molar-refractivity contribution in [1.29, 1.82) is 0 Å². The molecule has 1 aromatic heterocycles. The zero-order chi connectivity index (χ0) is 24.8. The molecule has 2 amide bonds. The van der Waals surface area contributed by atoms with Gasteiger partial charge in [0.15, 0.2) is 0 Å². The summed E-state index contributed by atoms with van der Waals surface area (Å²) in [7, 11) is 3.49. The van der Waals surface area contributed by atoms with E-state index in [2.05, 4.69) is 5.32 Å². The Morgan fingerprint density at radius 2 is 2.00 bits per heavy atom. The van der Waals surface area contributed by atoms with E-state index in [1.807, 2.05) is 41.9 Å². The minimum Gasteiger partial charge on any atom is -0.385 e. The van der Waals surface area contributed by atoms with Crippen molar-refractivity contribution < 1.29 is 14.3 Å². The minimum absolute atomic E-state index is 0.130. The molecule has 8 heteroatoms. The second kappa shape index (κ2) is 11.7. The Balaban J connectivity index is 1.54. The number of nitrogens with zero attached hydrogens (tertiary/aromatic N) is 3. The molecule has 3 aromatic rings. The number of aryl methyl sites for hydroxylation is 1. The van der Waals surface area contributed by atoms with E-state index in [1.165, 1.54) is 12.8 Å². The first kappa shape index (κ1) is 25.2. The molecular formula is C27H33ClN4O3. The molecule has 186 valence electrons. The maximum Gasteiger partial charge on any atom is 0.231 e. The first-order valence-corrected chi connectivity index (χ1v) is 12.6. The Morgan fingerprint density at radius 3 is 2.74 bits per heavy atom. The summed E-state index contributed by atoms with van der Waals surface area (Å²) in [5.74, 6) is 0.945. The van der Waals surface area contributed by atoms with Crippen LogP contribution in [0.4, 0.5) is 11.6 Å². The average Bonchev–Trinajstić information content (AvgIpc) is 3.46. The lowest BCUT2D eigenvalue weighted by molar-refractivity contribution is -0.119.